The van der Waals surface area contributed by atoms with Crippen LogP contribution in [0, 0.1) is 4.64 Å². The van der Waals surface area contributed by atoms with Crippen molar-refractivity contribution in [2.24, 2.45) is 5.10 Å². The second-order valence-corrected chi connectivity index (χ2v) is 6.54. The molecule has 0 saturated heterocycles. The number of hydrazone groups is 1. The third kappa shape index (κ3) is 3.71. The molecule has 0 amide bonds. The number of methoxy groups -OCH3 is 1. The zero-order chi connectivity index (χ0) is 18.6. The molecule has 27 heavy (non-hydrogen) atoms. The van der Waals surface area contributed by atoms with Crippen molar-refractivity contribution in [3.05, 3.63) is 82.1 Å². The molecule has 3 N–H and O–H groups in total. The third-order valence-corrected chi connectivity index (χ3v) is 4.81. The molecule has 0 bridgehead atoms. The largest absolute Gasteiger partial charge is 0.497 e. The summed E-state index contributed by atoms with van der Waals surface area (Å²) in [5.41, 5.74) is 9.04. The molecular weight excluding hydrogens is 360 g/mol. The number of nitrogens with zero attached hydrogens (tertiary/aromatic N) is 3. The van der Waals surface area contributed by atoms with Gasteiger partial charge >= 0.3 is 0 Å². The Bertz CT molecular complexity index is 993. The highest BCUT2D eigenvalue weighted by Crippen LogP contribution is 2.16. The molecule has 2 heterocycles. The molecule has 1 aliphatic rings. The number of rotatable bonds is 6. The van der Waals surface area contributed by atoms with Crippen LogP contribution < -0.4 is 15.8 Å². The summed E-state index contributed by atoms with van der Waals surface area (Å²) in [6.45, 7) is 1.32. The summed E-state index contributed by atoms with van der Waals surface area (Å²) in [4.78, 5) is 0. The standard InChI is InChI=1S/C19H20N6OS/c1-26-16-9-7-15(8-10-16)12-24-18(21-22-23-24)17-11-20-25(19(17)27)13-14-5-3-2-4-6-14/h2-11,20,22-23H,12-13H2,1H3. The lowest BCUT2D eigenvalue weighted by atomic mass is 10.2. The first-order valence-electron chi connectivity index (χ1n) is 8.56. The molecule has 7 nitrogen and oxygen atoms in total. The Morgan fingerprint density at radius 2 is 1.74 bits per heavy atom. The molecule has 8 heteroatoms. The van der Waals surface area contributed by atoms with Gasteiger partial charge in [-0.3, -0.25) is 9.69 Å². The molecular formula is C19H20N6OS. The molecule has 138 valence electrons. The molecule has 0 aliphatic carbocycles. The van der Waals surface area contributed by atoms with Crippen LogP contribution in [-0.4, -0.2) is 27.7 Å². The number of H-pyrrole nitrogens is 1. The van der Waals surface area contributed by atoms with E-state index in [-0.39, 0.29) is 0 Å². The van der Waals surface area contributed by atoms with Gasteiger partial charge in [-0.15, -0.1) is 10.6 Å². The number of nitrogens with one attached hydrogen (secondary N) is 3. The molecule has 3 aromatic rings. The Morgan fingerprint density at radius 1 is 1.00 bits per heavy atom. The predicted octanol–water partition coefficient (Wildman–Crippen LogP) is 2.79. The molecule has 1 aromatic heterocycles. The Balaban J connectivity index is 1.52. The van der Waals surface area contributed by atoms with Crippen molar-refractivity contribution in [3.63, 3.8) is 0 Å². The van der Waals surface area contributed by atoms with Gasteiger partial charge in [0.05, 0.1) is 25.8 Å². The lowest BCUT2D eigenvalue weighted by Gasteiger charge is -2.18. The first kappa shape index (κ1) is 17.3. The topological polar surface area (TPSA) is 69.6 Å². The van der Waals surface area contributed by atoms with Crippen molar-refractivity contribution in [1.29, 1.82) is 0 Å². The van der Waals surface area contributed by atoms with Gasteiger partial charge in [0, 0.05) is 6.20 Å². The molecule has 0 spiro atoms. The summed E-state index contributed by atoms with van der Waals surface area (Å²) in [5, 5.41) is 9.51. The van der Waals surface area contributed by atoms with E-state index in [0.717, 1.165) is 22.7 Å². The summed E-state index contributed by atoms with van der Waals surface area (Å²) in [6.07, 6.45) is 1.89. The maximum atomic E-state index is 5.66. The van der Waals surface area contributed by atoms with Gasteiger partial charge in [-0.25, -0.2) is 5.53 Å². The van der Waals surface area contributed by atoms with Gasteiger partial charge in [-0.1, -0.05) is 54.7 Å². The minimum absolute atomic E-state index is 0.633. The Labute approximate surface area is 162 Å². The summed E-state index contributed by atoms with van der Waals surface area (Å²) < 4.78 is 7.86. The minimum atomic E-state index is 0.633. The zero-order valence-electron chi connectivity index (χ0n) is 14.8. The van der Waals surface area contributed by atoms with Crippen LogP contribution in [0.3, 0.4) is 0 Å². The van der Waals surface area contributed by atoms with E-state index in [1.807, 2.05) is 58.4 Å². The number of benzene rings is 2. The van der Waals surface area contributed by atoms with Crippen LogP contribution in [0.1, 0.15) is 16.7 Å². The van der Waals surface area contributed by atoms with E-state index in [0.29, 0.717) is 17.7 Å². The molecule has 1 aliphatic heterocycles. The van der Waals surface area contributed by atoms with Crippen LogP contribution in [0.2, 0.25) is 0 Å². The number of amidine groups is 1. The average molecular weight is 380 g/mol. The SMILES string of the molecule is COc1ccc(CN2NNN=C2c2c[nH]n(Cc3ccccc3)c2=S)cc1. The number of hydrogen-bond donors (Lipinski definition) is 3. The van der Waals surface area contributed by atoms with Crippen molar-refractivity contribution in [3.8, 4) is 5.75 Å². The van der Waals surface area contributed by atoms with E-state index in [2.05, 4.69) is 33.4 Å². The fraction of sp³-hybridized carbons (Fsp3) is 0.158. The molecule has 0 saturated carbocycles. The Kier molecular flexibility index (Phi) is 4.91. The quantitative estimate of drug-likeness (QED) is 0.574. The number of ether oxygens (including phenoxy) is 1. The Hall–Kier alpha value is -3.10. The number of hydrogen-bond acceptors (Lipinski definition) is 6. The van der Waals surface area contributed by atoms with Crippen LogP contribution in [0.5, 0.6) is 5.75 Å². The maximum Gasteiger partial charge on any atom is 0.177 e. The van der Waals surface area contributed by atoms with E-state index in [4.69, 9.17) is 17.0 Å². The van der Waals surface area contributed by atoms with Crippen LogP contribution in [0.4, 0.5) is 0 Å². The summed E-state index contributed by atoms with van der Waals surface area (Å²) in [5.74, 6) is 1.58. The van der Waals surface area contributed by atoms with E-state index in [1.165, 1.54) is 5.56 Å². The first-order valence-corrected chi connectivity index (χ1v) is 8.97. The molecule has 0 unspecified atom stereocenters. The second kappa shape index (κ2) is 7.65. The summed E-state index contributed by atoms with van der Waals surface area (Å²) in [6, 6.07) is 18.1. The van der Waals surface area contributed by atoms with Crippen molar-refractivity contribution in [2.75, 3.05) is 7.11 Å². The first-order chi connectivity index (χ1) is 13.2. The molecule has 2 aromatic carbocycles. The van der Waals surface area contributed by atoms with Crippen LogP contribution in [0.15, 0.2) is 65.9 Å². The number of aromatic nitrogens is 2. The Morgan fingerprint density at radius 3 is 2.48 bits per heavy atom. The lowest BCUT2D eigenvalue weighted by Crippen LogP contribution is -2.40. The lowest BCUT2D eigenvalue weighted by molar-refractivity contribution is 0.288. The highest BCUT2D eigenvalue weighted by Gasteiger charge is 2.22. The van der Waals surface area contributed by atoms with E-state index >= 15 is 0 Å². The highest BCUT2D eigenvalue weighted by atomic mass is 32.1. The molecule has 0 atom stereocenters. The summed E-state index contributed by atoms with van der Waals surface area (Å²) >= 11 is 5.66. The van der Waals surface area contributed by atoms with Crippen molar-refractivity contribution in [1.82, 2.24) is 25.9 Å². The van der Waals surface area contributed by atoms with Gasteiger partial charge in [0.1, 0.15) is 10.4 Å². The predicted molar refractivity (Wildman–Crippen MR) is 107 cm³/mol. The maximum absolute atomic E-state index is 5.66. The van der Waals surface area contributed by atoms with Gasteiger partial charge < -0.3 is 9.84 Å². The fourth-order valence-electron chi connectivity index (χ4n) is 2.94. The second-order valence-electron chi connectivity index (χ2n) is 6.16. The fourth-order valence-corrected chi connectivity index (χ4v) is 3.20. The molecule has 0 fully saturated rings. The summed E-state index contributed by atoms with van der Waals surface area (Å²) in [7, 11) is 1.66. The van der Waals surface area contributed by atoms with Gasteiger partial charge in [-0.05, 0) is 23.3 Å². The third-order valence-electron chi connectivity index (χ3n) is 4.37. The normalized spacial score (nSPS) is 13.4. The van der Waals surface area contributed by atoms with Gasteiger partial charge in [-0.2, -0.15) is 0 Å². The minimum Gasteiger partial charge on any atom is -0.497 e. The molecule has 0 radical (unpaired) electrons. The number of hydrazine groups is 2. The van der Waals surface area contributed by atoms with Crippen LogP contribution in [0.25, 0.3) is 0 Å². The van der Waals surface area contributed by atoms with Gasteiger partial charge in [0.2, 0.25) is 0 Å². The van der Waals surface area contributed by atoms with Gasteiger partial charge in [0.25, 0.3) is 0 Å². The number of aromatic amines is 1. The monoisotopic (exact) mass is 380 g/mol. The smallest absolute Gasteiger partial charge is 0.177 e. The van der Waals surface area contributed by atoms with E-state index in [9.17, 15) is 0 Å². The van der Waals surface area contributed by atoms with E-state index in [1.54, 1.807) is 7.11 Å². The van der Waals surface area contributed by atoms with E-state index < -0.39 is 0 Å². The van der Waals surface area contributed by atoms with Crippen LogP contribution >= 0.6 is 12.2 Å². The van der Waals surface area contributed by atoms with Crippen molar-refractivity contribution < 1.29 is 4.74 Å². The van der Waals surface area contributed by atoms with Crippen molar-refractivity contribution >= 4 is 18.1 Å². The zero-order valence-corrected chi connectivity index (χ0v) is 15.7. The van der Waals surface area contributed by atoms with Crippen molar-refractivity contribution in [2.45, 2.75) is 13.1 Å². The van der Waals surface area contributed by atoms with Crippen LogP contribution in [-0.2, 0) is 13.1 Å². The average Bonchev–Trinajstić information content (AvgIpc) is 3.30. The molecule has 4 rings (SSSR count). The highest BCUT2D eigenvalue weighted by molar-refractivity contribution is 7.71. The van der Waals surface area contributed by atoms with Gasteiger partial charge in [0.15, 0.2) is 5.84 Å².